The van der Waals surface area contributed by atoms with E-state index in [0.717, 1.165) is 5.75 Å². The van der Waals surface area contributed by atoms with Gasteiger partial charge in [-0.1, -0.05) is 45.9 Å². The van der Waals surface area contributed by atoms with Gasteiger partial charge in [0.15, 0.2) is 5.12 Å². The molecule has 0 atom stereocenters. The Kier molecular flexibility index (Phi) is 6.48. The lowest BCUT2D eigenvalue weighted by atomic mass is 9.90. The Hall–Kier alpha value is 0.0200. The highest BCUT2D eigenvalue weighted by molar-refractivity contribution is 8.13. The standard InChI is InChI=1S/C11H22OS/c1-5-10(12)13-9-7-6-8-11(2,3)4/h5-9H2,1-4H3. The van der Waals surface area contributed by atoms with Crippen LogP contribution in [-0.4, -0.2) is 10.9 Å². The highest BCUT2D eigenvalue weighted by Crippen LogP contribution is 2.22. The van der Waals surface area contributed by atoms with Crippen LogP contribution in [0.15, 0.2) is 0 Å². The van der Waals surface area contributed by atoms with Crippen molar-refractivity contribution in [1.82, 2.24) is 0 Å². The van der Waals surface area contributed by atoms with Crippen LogP contribution in [0, 0.1) is 5.41 Å². The SMILES string of the molecule is CCC(=O)SCCCCC(C)(C)C. The molecule has 0 spiro atoms. The van der Waals surface area contributed by atoms with Gasteiger partial charge >= 0.3 is 0 Å². The third-order valence-corrected chi connectivity index (χ3v) is 2.98. The lowest BCUT2D eigenvalue weighted by molar-refractivity contribution is -0.110. The fourth-order valence-corrected chi connectivity index (χ4v) is 1.83. The topological polar surface area (TPSA) is 17.1 Å². The molecule has 0 bridgehead atoms. The Morgan fingerprint density at radius 1 is 1.23 bits per heavy atom. The first-order valence-electron chi connectivity index (χ1n) is 5.11. The zero-order chi connectivity index (χ0) is 10.3. The van der Waals surface area contributed by atoms with Gasteiger partial charge in [0.05, 0.1) is 0 Å². The summed E-state index contributed by atoms with van der Waals surface area (Å²) >= 11 is 1.49. The van der Waals surface area contributed by atoms with Gasteiger partial charge in [0, 0.05) is 12.2 Å². The number of unbranched alkanes of at least 4 members (excludes halogenated alkanes) is 1. The van der Waals surface area contributed by atoms with Crippen molar-refractivity contribution in [2.75, 3.05) is 5.75 Å². The zero-order valence-electron chi connectivity index (χ0n) is 9.35. The van der Waals surface area contributed by atoms with Gasteiger partial charge < -0.3 is 0 Å². The Balaban J connectivity index is 3.22. The third-order valence-electron chi connectivity index (χ3n) is 1.87. The van der Waals surface area contributed by atoms with Gasteiger partial charge in [-0.3, -0.25) is 4.79 Å². The van der Waals surface area contributed by atoms with Crippen molar-refractivity contribution < 1.29 is 4.79 Å². The zero-order valence-corrected chi connectivity index (χ0v) is 10.2. The molecule has 0 rings (SSSR count). The number of carbonyl (C=O) groups is 1. The maximum Gasteiger partial charge on any atom is 0.188 e. The van der Waals surface area contributed by atoms with Crippen molar-refractivity contribution in [3.8, 4) is 0 Å². The van der Waals surface area contributed by atoms with Crippen molar-refractivity contribution in [2.45, 2.75) is 53.4 Å². The fraction of sp³-hybridized carbons (Fsp3) is 0.909. The summed E-state index contributed by atoms with van der Waals surface area (Å²) in [7, 11) is 0. The van der Waals surface area contributed by atoms with Crippen LogP contribution in [0.1, 0.15) is 53.4 Å². The van der Waals surface area contributed by atoms with Gasteiger partial charge in [0.2, 0.25) is 0 Å². The van der Waals surface area contributed by atoms with Crippen LogP contribution in [0.4, 0.5) is 0 Å². The molecule has 0 N–H and O–H groups in total. The molecule has 2 heteroatoms. The Bertz CT molecular complexity index is 147. The second-order valence-electron chi connectivity index (χ2n) is 4.59. The molecule has 0 saturated heterocycles. The largest absolute Gasteiger partial charge is 0.287 e. The summed E-state index contributed by atoms with van der Waals surface area (Å²) in [5, 5.41) is 0.329. The highest BCUT2D eigenvalue weighted by atomic mass is 32.2. The summed E-state index contributed by atoms with van der Waals surface area (Å²) in [6, 6.07) is 0. The van der Waals surface area contributed by atoms with E-state index in [0.29, 0.717) is 17.0 Å². The van der Waals surface area contributed by atoms with Crippen LogP contribution >= 0.6 is 11.8 Å². The van der Waals surface area contributed by atoms with E-state index in [9.17, 15) is 4.79 Å². The molecule has 0 saturated carbocycles. The lowest BCUT2D eigenvalue weighted by Gasteiger charge is -2.17. The van der Waals surface area contributed by atoms with Crippen molar-refractivity contribution in [2.24, 2.45) is 5.41 Å². The van der Waals surface area contributed by atoms with Gasteiger partial charge in [0.25, 0.3) is 0 Å². The first kappa shape index (κ1) is 13.0. The minimum absolute atomic E-state index is 0.329. The summed E-state index contributed by atoms with van der Waals surface area (Å²) < 4.78 is 0. The van der Waals surface area contributed by atoms with E-state index < -0.39 is 0 Å². The highest BCUT2D eigenvalue weighted by Gasteiger charge is 2.08. The van der Waals surface area contributed by atoms with E-state index in [1.165, 1.54) is 31.0 Å². The Labute approximate surface area is 86.7 Å². The van der Waals surface area contributed by atoms with Crippen LogP contribution in [0.2, 0.25) is 0 Å². The Morgan fingerprint density at radius 2 is 1.85 bits per heavy atom. The monoisotopic (exact) mass is 202 g/mol. The molecule has 0 aromatic carbocycles. The molecular weight excluding hydrogens is 180 g/mol. The molecule has 1 nitrogen and oxygen atoms in total. The number of hydrogen-bond donors (Lipinski definition) is 0. The van der Waals surface area contributed by atoms with Crippen LogP contribution in [0.25, 0.3) is 0 Å². The molecule has 0 radical (unpaired) electrons. The first-order chi connectivity index (χ1) is 5.95. The molecule has 0 aliphatic carbocycles. The van der Waals surface area contributed by atoms with Crippen molar-refractivity contribution in [3.05, 3.63) is 0 Å². The van der Waals surface area contributed by atoms with E-state index in [2.05, 4.69) is 20.8 Å². The van der Waals surface area contributed by atoms with Gasteiger partial charge in [-0.05, 0) is 18.3 Å². The third kappa shape index (κ3) is 9.94. The molecular formula is C11H22OS. The van der Waals surface area contributed by atoms with Crippen molar-refractivity contribution >= 4 is 16.9 Å². The number of rotatable bonds is 5. The molecule has 13 heavy (non-hydrogen) atoms. The molecule has 0 aliphatic rings. The van der Waals surface area contributed by atoms with Gasteiger partial charge in [-0.15, -0.1) is 0 Å². The summed E-state index contributed by atoms with van der Waals surface area (Å²) in [6.07, 6.45) is 4.35. The van der Waals surface area contributed by atoms with Gasteiger partial charge in [-0.25, -0.2) is 0 Å². The quantitative estimate of drug-likeness (QED) is 0.629. The van der Waals surface area contributed by atoms with E-state index in [-0.39, 0.29) is 0 Å². The molecule has 0 aliphatic heterocycles. The van der Waals surface area contributed by atoms with E-state index >= 15 is 0 Å². The average molecular weight is 202 g/mol. The van der Waals surface area contributed by atoms with Crippen LogP contribution in [0.5, 0.6) is 0 Å². The second-order valence-corrected chi connectivity index (χ2v) is 5.74. The number of thioether (sulfide) groups is 1. The van der Waals surface area contributed by atoms with E-state index in [1.807, 2.05) is 6.92 Å². The molecule has 0 aromatic rings. The molecule has 0 amide bonds. The van der Waals surface area contributed by atoms with Crippen molar-refractivity contribution in [1.29, 1.82) is 0 Å². The maximum absolute atomic E-state index is 10.9. The maximum atomic E-state index is 10.9. The predicted molar refractivity (Wildman–Crippen MR) is 61.1 cm³/mol. The summed E-state index contributed by atoms with van der Waals surface area (Å²) in [5.74, 6) is 1.00. The van der Waals surface area contributed by atoms with E-state index in [4.69, 9.17) is 0 Å². The van der Waals surface area contributed by atoms with Crippen molar-refractivity contribution in [3.63, 3.8) is 0 Å². The predicted octanol–water partition coefficient (Wildman–Crippen LogP) is 3.87. The smallest absolute Gasteiger partial charge is 0.188 e. The minimum atomic E-state index is 0.329. The Morgan fingerprint density at radius 3 is 2.31 bits per heavy atom. The normalized spacial score (nSPS) is 11.7. The molecule has 0 unspecified atom stereocenters. The second kappa shape index (κ2) is 6.47. The number of carbonyl (C=O) groups excluding carboxylic acids is 1. The molecule has 0 fully saturated rings. The molecule has 0 aromatic heterocycles. The minimum Gasteiger partial charge on any atom is -0.287 e. The van der Waals surface area contributed by atoms with Gasteiger partial charge in [0.1, 0.15) is 0 Å². The van der Waals surface area contributed by atoms with Crippen LogP contribution in [-0.2, 0) is 4.79 Å². The van der Waals surface area contributed by atoms with Crippen LogP contribution < -0.4 is 0 Å². The lowest BCUT2D eigenvalue weighted by Crippen LogP contribution is -2.04. The summed E-state index contributed by atoms with van der Waals surface area (Å²) in [4.78, 5) is 10.9. The van der Waals surface area contributed by atoms with E-state index in [1.54, 1.807) is 0 Å². The summed E-state index contributed by atoms with van der Waals surface area (Å²) in [6.45, 7) is 8.70. The first-order valence-corrected chi connectivity index (χ1v) is 6.10. The average Bonchev–Trinajstić information content (AvgIpc) is 2.01. The molecule has 0 heterocycles. The van der Waals surface area contributed by atoms with Crippen LogP contribution in [0.3, 0.4) is 0 Å². The van der Waals surface area contributed by atoms with Gasteiger partial charge in [-0.2, -0.15) is 0 Å². The number of hydrogen-bond acceptors (Lipinski definition) is 2. The summed E-state index contributed by atoms with van der Waals surface area (Å²) in [5.41, 5.74) is 0.444. The molecule has 78 valence electrons. The fourth-order valence-electron chi connectivity index (χ4n) is 1.05.